The van der Waals surface area contributed by atoms with E-state index in [0.29, 0.717) is 23.5 Å². The fraction of sp³-hybridized carbons (Fsp3) is 0.261. The van der Waals surface area contributed by atoms with Crippen LogP contribution in [0.25, 0.3) is 0 Å². The summed E-state index contributed by atoms with van der Waals surface area (Å²) < 4.78 is 32.7. The van der Waals surface area contributed by atoms with E-state index in [0.717, 1.165) is 6.42 Å². The average Bonchev–Trinajstić information content (AvgIpc) is 3.28. The molecule has 0 spiro atoms. The SMILES string of the molecule is COc1ccc(N(C)S(=O)(=O)c2cccc(C(=O)N3CCc4sccc4C3C)c2)cc1. The topological polar surface area (TPSA) is 66.9 Å². The number of thiophene rings is 1. The molecule has 6 nitrogen and oxygen atoms in total. The Kier molecular flexibility index (Phi) is 5.77. The molecule has 1 unspecified atom stereocenters. The van der Waals surface area contributed by atoms with Crippen LogP contribution in [0.5, 0.6) is 5.75 Å². The molecule has 0 bridgehead atoms. The van der Waals surface area contributed by atoms with E-state index in [2.05, 4.69) is 11.4 Å². The molecule has 162 valence electrons. The number of anilines is 1. The number of amides is 1. The number of sulfonamides is 1. The number of fused-ring (bicyclic) bond motifs is 1. The minimum absolute atomic E-state index is 0.0373. The zero-order chi connectivity index (χ0) is 22.2. The lowest BCUT2D eigenvalue weighted by Crippen LogP contribution is -2.38. The largest absolute Gasteiger partial charge is 0.497 e. The number of ether oxygens (including phenoxy) is 1. The highest BCUT2D eigenvalue weighted by molar-refractivity contribution is 7.92. The van der Waals surface area contributed by atoms with Crippen molar-refractivity contribution in [3.05, 3.63) is 76.0 Å². The Morgan fingerprint density at radius 2 is 1.90 bits per heavy atom. The van der Waals surface area contributed by atoms with Crippen molar-refractivity contribution in [2.75, 3.05) is 25.0 Å². The highest BCUT2D eigenvalue weighted by Crippen LogP contribution is 2.34. The first-order valence-electron chi connectivity index (χ1n) is 9.93. The molecule has 0 aliphatic carbocycles. The van der Waals surface area contributed by atoms with Crippen molar-refractivity contribution in [3.63, 3.8) is 0 Å². The van der Waals surface area contributed by atoms with Crippen molar-refractivity contribution in [1.29, 1.82) is 0 Å². The molecule has 1 aliphatic heterocycles. The summed E-state index contributed by atoms with van der Waals surface area (Å²) in [5.74, 6) is 0.486. The van der Waals surface area contributed by atoms with Crippen LogP contribution in [0.1, 0.15) is 33.8 Å². The van der Waals surface area contributed by atoms with E-state index >= 15 is 0 Å². The number of benzene rings is 2. The first kappa shape index (κ1) is 21.4. The molecule has 1 amide bonds. The summed E-state index contributed by atoms with van der Waals surface area (Å²) in [6.45, 7) is 2.64. The Bertz CT molecular complexity index is 1200. The van der Waals surface area contributed by atoms with E-state index in [1.54, 1.807) is 54.8 Å². The molecule has 1 aliphatic rings. The van der Waals surface area contributed by atoms with Gasteiger partial charge in [0.1, 0.15) is 5.75 Å². The Morgan fingerprint density at radius 3 is 2.61 bits per heavy atom. The summed E-state index contributed by atoms with van der Waals surface area (Å²) in [7, 11) is -0.776. The molecule has 0 saturated carbocycles. The summed E-state index contributed by atoms with van der Waals surface area (Å²) in [4.78, 5) is 16.4. The fourth-order valence-corrected chi connectivity index (χ4v) is 6.04. The fourth-order valence-electron chi connectivity index (χ4n) is 3.83. The standard InChI is InChI=1S/C23H24N2O4S2/c1-16-21-12-14-30-22(21)11-13-25(16)23(26)17-5-4-6-20(15-17)31(27,28)24(2)18-7-9-19(29-3)10-8-18/h4-10,12,14-16H,11,13H2,1-3H3. The molecule has 2 heterocycles. The average molecular weight is 457 g/mol. The van der Waals surface area contributed by atoms with Crippen LogP contribution in [0.15, 0.2) is 64.9 Å². The second-order valence-electron chi connectivity index (χ2n) is 7.42. The van der Waals surface area contributed by atoms with Gasteiger partial charge in [0.15, 0.2) is 0 Å². The van der Waals surface area contributed by atoms with Gasteiger partial charge in [0, 0.05) is 24.0 Å². The Morgan fingerprint density at radius 1 is 1.16 bits per heavy atom. The molecular weight excluding hydrogens is 432 g/mol. The number of hydrogen-bond donors (Lipinski definition) is 0. The van der Waals surface area contributed by atoms with Crippen molar-refractivity contribution < 1.29 is 17.9 Å². The minimum Gasteiger partial charge on any atom is -0.497 e. The molecule has 0 N–H and O–H groups in total. The Hall–Kier alpha value is -2.84. The molecule has 0 radical (unpaired) electrons. The maximum Gasteiger partial charge on any atom is 0.264 e. The third kappa shape index (κ3) is 3.93. The number of rotatable bonds is 5. The van der Waals surface area contributed by atoms with Gasteiger partial charge in [-0.25, -0.2) is 8.42 Å². The first-order chi connectivity index (χ1) is 14.8. The van der Waals surface area contributed by atoms with Gasteiger partial charge in [-0.15, -0.1) is 11.3 Å². The van der Waals surface area contributed by atoms with E-state index in [1.165, 1.54) is 33.9 Å². The molecule has 4 rings (SSSR count). The van der Waals surface area contributed by atoms with Gasteiger partial charge in [-0.2, -0.15) is 0 Å². The van der Waals surface area contributed by atoms with Crippen molar-refractivity contribution in [2.45, 2.75) is 24.3 Å². The van der Waals surface area contributed by atoms with Crippen LogP contribution in [0.4, 0.5) is 5.69 Å². The molecule has 1 aromatic heterocycles. The van der Waals surface area contributed by atoms with E-state index in [1.807, 2.05) is 11.8 Å². The summed E-state index contributed by atoms with van der Waals surface area (Å²) in [5.41, 5.74) is 2.05. The lowest BCUT2D eigenvalue weighted by molar-refractivity contribution is 0.0679. The number of carbonyl (C=O) groups excluding carboxylic acids is 1. The van der Waals surface area contributed by atoms with Gasteiger partial charge in [0.2, 0.25) is 0 Å². The van der Waals surface area contributed by atoms with Crippen LogP contribution in [0.2, 0.25) is 0 Å². The summed E-state index contributed by atoms with van der Waals surface area (Å²) in [6.07, 6.45) is 0.821. The Balaban J connectivity index is 1.60. The molecule has 31 heavy (non-hydrogen) atoms. The van der Waals surface area contributed by atoms with Gasteiger partial charge >= 0.3 is 0 Å². The highest BCUT2D eigenvalue weighted by Gasteiger charge is 2.30. The van der Waals surface area contributed by atoms with Crippen LogP contribution >= 0.6 is 11.3 Å². The molecule has 2 aromatic carbocycles. The number of hydrogen-bond acceptors (Lipinski definition) is 5. The monoisotopic (exact) mass is 456 g/mol. The molecule has 1 atom stereocenters. The smallest absolute Gasteiger partial charge is 0.264 e. The van der Waals surface area contributed by atoms with Crippen LogP contribution in [0.3, 0.4) is 0 Å². The maximum atomic E-state index is 13.2. The van der Waals surface area contributed by atoms with Crippen LogP contribution in [-0.4, -0.2) is 39.9 Å². The van der Waals surface area contributed by atoms with Gasteiger partial charge in [0.25, 0.3) is 15.9 Å². The van der Waals surface area contributed by atoms with Crippen molar-refractivity contribution in [3.8, 4) is 5.75 Å². The first-order valence-corrected chi connectivity index (χ1v) is 12.2. The van der Waals surface area contributed by atoms with Gasteiger partial charge < -0.3 is 9.64 Å². The zero-order valence-electron chi connectivity index (χ0n) is 17.6. The van der Waals surface area contributed by atoms with E-state index in [4.69, 9.17) is 4.74 Å². The minimum atomic E-state index is -3.83. The van der Waals surface area contributed by atoms with Crippen molar-refractivity contribution in [1.82, 2.24) is 4.90 Å². The van der Waals surface area contributed by atoms with Gasteiger partial charge in [0.05, 0.1) is 23.7 Å². The van der Waals surface area contributed by atoms with Gasteiger partial charge in [-0.3, -0.25) is 9.10 Å². The van der Waals surface area contributed by atoms with Crippen LogP contribution < -0.4 is 9.04 Å². The Labute approximate surface area is 186 Å². The number of carbonyl (C=O) groups is 1. The number of nitrogens with zero attached hydrogens (tertiary/aromatic N) is 2. The zero-order valence-corrected chi connectivity index (χ0v) is 19.2. The highest BCUT2D eigenvalue weighted by atomic mass is 32.2. The second-order valence-corrected chi connectivity index (χ2v) is 10.4. The predicted octanol–water partition coefficient (Wildman–Crippen LogP) is 4.34. The lowest BCUT2D eigenvalue weighted by atomic mass is 10.0. The molecule has 3 aromatic rings. The predicted molar refractivity (Wildman–Crippen MR) is 122 cm³/mol. The van der Waals surface area contributed by atoms with Gasteiger partial charge in [-0.05, 0) is 72.8 Å². The summed E-state index contributed by atoms with van der Waals surface area (Å²) in [5, 5.41) is 2.05. The summed E-state index contributed by atoms with van der Waals surface area (Å²) >= 11 is 1.72. The molecular formula is C23H24N2O4S2. The third-order valence-electron chi connectivity index (χ3n) is 5.71. The molecule has 0 fully saturated rings. The number of methoxy groups -OCH3 is 1. The summed E-state index contributed by atoms with van der Waals surface area (Å²) in [6, 6.07) is 15.1. The maximum absolute atomic E-state index is 13.2. The van der Waals surface area contributed by atoms with Crippen LogP contribution in [-0.2, 0) is 16.4 Å². The molecule has 0 saturated heterocycles. The lowest BCUT2D eigenvalue weighted by Gasteiger charge is -2.33. The molecule has 8 heteroatoms. The van der Waals surface area contributed by atoms with Crippen molar-refractivity contribution in [2.24, 2.45) is 0 Å². The second kappa shape index (κ2) is 8.36. The quantitative estimate of drug-likeness (QED) is 0.573. The van der Waals surface area contributed by atoms with E-state index in [9.17, 15) is 13.2 Å². The van der Waals surface area contributed by atoms with E-state index in [-0.39, 0.29) is 16.8 Å². The van der Waals surface area contributed by atoms with Gasteiger partial charge in [-0.1, -0.05) is 6.07 Å². The third-order valence-corrected chi connectivity index (χ3v) is 8.49. The normalized spacial score (nSPS) is 16.0. The van der Waals surface area contributed by atoms with E-state index < -0.39 is 10.0 Å². The van der Waals surface area contributed by atoms with Crippen LogP contribution in [0, 0.1) is 0 Å². The van der Waals surface area contributed by atoms with Crippen molar-refractivity contribution >= 4 is 33.0 Å².